The lowest BCUT2D eigenvalue weighted by atomic mass is 9.47. The molecule has 4 saturated carbocycles. The van der Waals surface area contributed by atoms with E-state index in [1.54, 1.807) is 166 Å². The summed E-state index contributed by atoms with van der Waals surface area (Å²) in [6.45, 7) is 19.3. The molecule has 106 heavy (non-hydrogen) atoms. The van der Waals surface area contributed by atoms with Crippen molar-refractivity contribution in [3.8, 4) is 0 Å². The second-order valence-corrected chi connectivity index (χ2v) is 30.7. The maximum absolute atomic E-state index is 14.8. The summed E-state index contributed by atoms with van der Waals surface area (Å²) < 4.78 is 54.1. The van der Waals surface area contributed by atoms with Crippen LogP contribution in [0.5, 0.6) is 0 Å². The number of carbonyl (C=O) groups excluding carboxylic acids is 9. The monoisotopic (exact) mass is 1510 g/mol. The highest BCUT2D eigenvalue weighted by Gasteiger charge is 2.76. The first kappa shape index (κ1) is 80.8. The molecule has 0 spiro atoms. The van der Waals surface area contributed by atoms with Gasteiger partial charge in [0, 0.05) is 80.4 Å². The van der Waals surface area contributed by atoms with Gasteiger partial charge in [0.05, 0.1) is 60.2 Å². The van der Waals surface area contributed by atoms with Crippen LogP contribution in [0.15, 0.2) is 144 Å². The third kappa shape index (κ3) is 14.2. The Hall–Kier alpha value is -7.71. The third-order valence-corrected chi connectivity index (χ3v) is 24.4. The Kier molecular flexibility index (Phi) is 24.0. The van der Waals surface area contributed by atoms with Crippen molar-refractivity contribution >= 4 is 76.6 Å². The van der Waals surface area contributed by atoms with E-state index in [1.165, 1.54) is 32.4 Å². The molecule has 6 aliphatic carbocycles. The molecule has 2 unspecified atom stereocenters. The van der Waals surface area contributed by atoms with E-state index in [4.69, 9.17) is 54.2 Å². The van der Waals surface area contributed by atoms with Crippen LogP contribution in [-0.2, 0) is 76.2 Å². The minimum absolute atomic E-state index is 0.0101. The fourth-order valence-electron chi connectivity index (χ4n) is 18.7. The second-order valence-electron chi connectivity index (χ2n) is 30.5. The summed E-state index contributed by atoms with van der Waals surface area (Å²) in [6, 6.07) is 34.2. The van der Waals surface area contributed by atoms with Gasteiger partial charge in [-0.15, -0.1) is 23.2 Å². The number of ether oxygens (including phenoxy) is 9. The lowest BCUT2D eigenvalue weighted by Crippen LogP contribution is -2.78. The maximum atomic E-state index is 14.8. The van der Waals surface area contributed by atoms with E-state index in [0.717, 1.165) is 5.56 Å². The molecule has 23 nitrogen and oxygen atoms in total. The van der Waals surface area contributed by atoms with Crippen LogP contribution >= 0.6 is 23.2 Å². The van der Waals surface area contributed by atoms with Crippen molar-refractivity contribution in [1.29, 1.82) is 0 Å². The number of hydrogen-bond acceptors (Lipinski definition) is 23. The number of benzene rings is 4. The zero-order valence-electron chi connectivity index (χ0n) is 61.7. The zero-order valence-corrected chi connectivity index (χ0v) is 63.2. The van der Waals surface area contributed by atoms with E-state index in [9.17, 15) is 68.7 Å². The highest BCUT2D eigenvalue weighted by molar-refractivity contribution is 6.26. The van der Waals surface area contributed by atoms with Gasteiger partial charge in [0.1, 0.15) is 65.3 Å². The smallest absolute Gasteiger partial charge is 0.348 e. The largest absolute Gasteiger partial charge is 0.456 e. The molecule has 8 aliphatic rings. The summed E-state index contributed by atoms with van der Waals surface area (Å²) in [5, 5.41) is 61.1. The van der Waals surface area contributed by atoms with Crippen molar-refractivity contribution in [2.75, 3.05) is 25.5 Å². The van der Waals surface area contributed by atoms with E-state index < -0.39 is 201 Å². The number of rotatable bonds is 16. The average Bonchev–Trinajstić information content (AvgIpc) is 0.686. The number of aliphatic hydroxyl groups excluding tert-OH is 3. The number of aliphatic hydroxyl groups is 5. The maximum Gasteiger partial charge on any atom is 0.348 e. The van der Waals surface area contributed by atoms with E-state index >= 15 is 0 Å². The van der Waals surface area contributed by atoms with Crippen molar-refractivity contribution in [3.05, 3.63) is 166 Å². The lowest BCUT2D eigenvalue weighted by molar-refractivity contribution is -0.331. The summed E-state index contributed by atoms with van der Waals surface area (Å²) in [7, 11) is 0. The number of hydrogen-bond donors (Lipinski definition) is 5. The Morgan fingerprint density at radius 3 is 1.24 bits per heavy atom. The molecule has 2 saturated heterocycles. The molecule has 12 rings (SSSR count). The van der Waals surface area contributed by atoms with Gasteiger partial charge in [-0.25, -0.2) is 19.2 Å². The van der Waals surface area contributed by atoms with Crippen molar-refractivity contribution in [2.24, 2.45) is 46.3 Å². The fourth-order valence-corrected chi connectivity index (χ4v) is 18.7. The molecule has 4 aromatic carbocycles. The average molecular weight is 1510 g/mol. The number of halogens is 2. The zero-order chi connectivity index (χ0) is 77.7. The van der Waals surface area contributed by atoms with Crippen molar-refractivity contribution in [2.45, 2.75) is 204 Å². The summed E-state index contributed by atoms with van der Waals surface area (Å²) in [6.07, 6.45) is -12.0. The van der Waals surface area contributed by atoms with Gasteiger partial charge in [0.15, 0.2) is 17.3 Å². The van der Waals surface area contributed by atoms with Crippen molar-refractivity contribution < 1.29 is 111 Å². The summed E-state index contributed by atoms with van der Waals surface area (Å²) in [5.74, 6) is -15.1. The Bertz CT molecular complexity index is 4030. The number of esters is 7. The Morgan fingerprint density at radius 2 is 0.896 bits per heavy atom. The normalized spacial score (nSPS) is 34.0. The van der Waals surface area contributed by atoms with E-state index in [1.807, 2.05) is 12.1 Å². The molecule has 0 aromatic heterocycles. The molecular formula is C81H96Cl2O23. The number of carbonyl (C=O) groups is 9. The van der Waals surface area contributed by atoms with Crippen LogP contribution in [0.1, 0.15) is 152 Å². The van der Waals surface area contributed by atoms with Crippen LogP contribution in [0.25, 0.3) is 0 Å². The second kappa shape index (κ2) is 31.5. The molecule has 4 aromatic rings. The molecule has 6 fully saturated rings. The summed E-state index contributed by atoms with van der Waals surface area (Å²) in [4.78, 5) is 123. The third-order valence-electron chi connectivity index (χ3n) is 24.1. The van der Waals surface area contributed by atoms with Gasteiger partial charge in [0.25, 0.3) is 0 Å². The first-order valence-electron chi connectivity index (χ1n) is 35.8. The molecule has 0 radical (unpaired) electrons. The molecule has 2 aliphatic heterocycles. The number of alkyl halides is 2. The fraction of sp³-hybridized carbons (Fsp3) is 0.543. The van der Waals surface area contributed by atoms with Crippen LogP contribution in [0, 0.1) is 46.3 Å². The summed E-state index contributed by atoms with van der Waals surface area (Å²) >= 11 is 10.4. The predicted octanol–water partition coefficient (Wildman–Crippen LogP) is 9.01. The minimum Gasteiger partial charge on any atom is -0.456 e. The van der Waals surface area contributed by atoms with Crippen LogP contribution in [0.3, 0.4) is 0 Å². The van der Waals surface area contributed by atoms with Crippen molar-refractivity contribution in [1.82, 2.24) is 0 Å². The highest BCUT2D eigenvalue weighted by atomic mass is 35.5. The molecule has 4 bridgehead atoms. The van der Waals surface area contributed by atoms with Gasteiger partial charge in [-0.05, 0) is 71.5 Å². The molecule has 0 amide bonds. The van der Waals surface area contributed by atoms with Crippen LogP contribution in [-0.4, -0.2) is 188 Å². The lowest BCUT2D eigenvalue weighted by Gasteiger charge is -2.65. The van der Waals surface area contributed by atoms with Crippen LogP contribution in [0.4, 0.5) is 0 Å². The van der Waals surface area contributed by atoms with Gasteiger partial charge >= 0.3 is 41.8 Å². The van der Waals surface area contributed by atoms with E-state index in [0.29, 0.717) is 27.9 Å². The Labute approximate surface area is 626 Å². The minimum atomic E-state index is -2.12. The first-order chi connectivity index (χ1) is 50.0. The van der Waals surface area contributed by atoms with Gasteiger partial charge in [-0.2, -0.15) is 0 Å². The molecule has 25 heteroatoms. The van der Waals surface area contributed by atoms with Gasteiger partial charge in [-0.1, -0.05) is 152 Å². The Morgan fingerprint density at radius 1 is 0.547 bits per heavy atom. The number of fused-ring (bicyclic) bond motifs is 10. The van der Waals surface area contributed by atoms with Crippen molar-refractivity contribution in [3.63, 3.8) is 0 Å². The topological polar surface area (TPSA) is 338 Å². The molecule has 5 N–H and O–H groups in total. The molecular weight excluding hydrogens is 1410 g/mol. The van der Waals surface area contributed by atoms with Gasteiger partial charge < -0.3 is 68.2 Å². The summed E-state index contributed by atoms with van der Waals surface area (Å²) in [5.41, 5.74) is -6.21. The number of ketones is 2. The first-order valence-corrected chi connectivity index (χ1v) is 37.1. The highest BCUT2D eigenvalue weighted by Crippen LogP contribution is 2.64. The van der Waals surface area contributed by atoms with Crippen LogP contribution < -0.4 is 0 Å². The quantitative estimate of drug-likeness (QED) is 0.0302. The Balaban J connectivity index is 0.000000222. The molecule has 22 atom stereocenters. The molecule has 2 heterocycles. The van der Waals surface area contributed by atoms with E-state index in [2.05, 4.69) is 11.6 Å². The molecule has 572 valence electrons. The number of Topliss-reactive ketones (excluding diaryl/α,β-unsaturated/α-hetero) is 2. The van der Waals surface area contributed by atoms with Gasteiger partial charge in [0.2, 0.25) is 6.10 Å². The van der Waals surface area contributed by atoms with Gasteiger partial charge in [-0.3, -0.25) is 24.0 Å². The SMILES string of the molecule is CC(=O)O[C@@]12CO[C@@H]1C[C@H](O)C1C(=O)[C@H](C)C3=C(C)[C@@H](OC(=O)[C@H](O)[C@@H](C)c4ccccc4)C[C@@](O)([C@@H](OC(=O)c4ccccc4)[C@@H]12)C3(C)C.CC(=O)O[C@@]12CO[C@@H]1C[C@H](O)C1C(=O)[C@H](C)C3=C(C)[C@@H](OC(=O)[C@H](OC(=O)CCl)[C@@H](C)c4ccccc4)C[C@@](O)([C@@H](OC(=O)c4ccccc4)[C@@H]12)C3(C)C.CCl. The van der Waals surface area contributed by atoms with E-state index in [-0.39, 0.29) is 50.0 Å². The van der Waals surface area contributed by atoms with Crippen LogP contribution in [0.2, 0.25) is 0 Å². The predicted molar refractivity (Wildman–Crippen MR) is 383 cm³/mol. The standard InChI is InChI=1S/C41H47ClO12.C39H46O11.CH3Cl/c1-21(25-13-9-7-10-14-25)35(52-30(45)19-42)38(48)51-28-18-41(49)36(53-37(47)26-15-11-8-12-16-26)33-31(34(46)23(3)32(22(28)2)39(41,5)6)27(44)17-29-40(33,20-50-29)54-24(4)43;1-20(24-13-9-7-10-14-24)33(43)36(45)48-27-18-39(46)34(49-35(44)25-15-11-8-12-16-25)31-29(32(42)22(3)30(21(27)2)37(39,5)6)26(41)17-28-38(31,19-47-28)50-23(4)40;1-2/h7-16,21,23,27-29,31,33,35-36,44,49H,17-20H2,1-6H3;7-16,20,22,26-29,31,33-34,41,43,46H,17-19H2,1-6H3;1H3/t21-,23+,27-,28-,29+,31?,33+,35+,36-,40-,41+;20-,22+,26-,27-,28+,29?,31+,33+,34-,38-,39+;/m00./s1.